The van der Waals surface area contributed by atoms with E-state index in [2.05, 4.69) is 20.9 Å². The molecule has 2 heterocycles. The first-order valence-electron chi connectivity index (χ1n) is 7.41. The van der Waals surface area contributed by atoms with E-state index < -0.39 is 10.0 Å². The Bertz CT molecular complexity index is 843. The van der Waals surface area contributed by atoms with Gasteiger partial charge in [-0.1, -0.05) is 17.7 Å². The Morgan fingerprint density at radius 1 is 1.33 bits per heavy atom. The lowest BCUT2D eigenvalue weighted by Crippen LogP contribution is -2.31. The van der Waals surface area contributed by atoms with Gasteiger partial charge in [-0.15, -0.1) is 0 Å². The van der Waals surface area contributed by atoms with Crippen molar-refractivity contribution in [2.75, 3.05) is 13.1 Å². The van der Waals surface area contributed by atoms with Crippen molar-refractivity contribution in [3.05, 3.63) is 51.6 Å². The van der Waals surface area contributed by atoms with Crippen LogP contribution in [-0.2, 0) is 10.0 Å². The molecule has 128 valence electrons. The third-order valence-electron chi connectivity index (χ3n) is 3.86. The lowest BCUT2D eigenvalue weighted by atomic mass is 10.2. The molecule has 2 aromatic rings. The zero-order valence-corrected chi connectivity index (χ0v) is 16.1. The van der Waals surface area contributed by atoms with E-state index in [1.807, 2.05) is 6.07 Å². The fraction of sp³-hybridized carbons (Fsp3) is 0.312. The summed E-state index contributed by atoms with van der Waals surface area (Å²) < 4.78 is 33.8. The van der Waals surface area contributed by atoms with Crippen LogP contribution in [0.4, 0.5) is 0 Å². The quantitative estimate of drug-likeness (QED) is 0.741. The summed E-state index contributed by atoms with van der Waals surface area (Å²) in [5, 5.41) is 0.408. The van der Waals surface area contributed by atoms with Crippen LogP contribution < -0.4 is 4.74 Å². The Morgan fingerprint density at radius 3 is 2.83 bits per heavy atom. The highest BCUT2D eigenvalue weighted by atomic mass is 79.9. The number of aryl methyl sites for hydroxylation is 1. The van der Waals surface area contributed by atoms with Gasteiger partial charge in [0.2, 0.25) is 15.9 Å². The summed E-state index contributed by atoms with van der Waals surface area (Å²) >= 11 is 9.27. The molecule has 0 spiro atoms. The van der Waals surface area contributed by atoms with Crippen LogP contribution in [0.15, 0.2) is 45.9 Å². The topological polar surface area (TPSA) is 59.5 Å². The van der Waals surface area contributed by atoms with Crippen molar-refractivity contribution in [3.63, 3.8) is 0 Å². The Hall–Kier alpha value is -1.15. The number of rotatable bonds is 4. The van der Waals surface area contributed by atoms with Crippen LogP contribution in [0.1, 0.15) is 12.0 Å². The summed E-state index contributed by atoms with van der Waals surface area (Å²) in [6, 6.07) is 8.48. The maximum Gasteiger partial charge on any atom is 0.243 e. The Morgan fingerprint density at radius 2 is 2.12 bits per heavy atom. The van der Waals surface area contributed by atoms with Gasteiger partial charge in [-0.25, -0.2) is 13.4 Å². The van der Waals surface area contributed by atoms with Crippen molar-refractivity contribution >= 4 is 37.6 Å². The van der Waals surface area contributed by atoms with Crippen molar-refractivity contribution in [1.29, 1.82) is 0 Å². The second-order valence-corrected chi connectivity index (χ2v) is 8.87. The molecule has 0 amide bonds. The Balaban J connectivity index is 1.74. The van der Waals surface area contributed by atoms with E-state index in [1.165, 1.54) is 10.4 Å². The van der Waals surface area contributed by atoms with Gasteiger partial charge in [0.15, 0.2) is 0 Å². The minimum Gasteiger partial charge on any atom is -0.473 e. The summed E-state index contributed by atoms with van der Waals surface area (Å²) in [5.41, 5.74) is 0.679. The van der Waals surface area contributed by atoms with Gasteiger partial charge in [-0.2, -0.15) is 4.31 Å². The molecule has 1 fully saturated rings. The number of pyridine rings is 1. The van der Waals surface area contributed by atoms with Gasteiger partial charge in [-0.3, -0.25) is 0 Å². The van der Waals surface area contributed by atoms with Gasteiger partial charge in [0.25, 0.3) is 0 Å². The van der Waals surface area contributed by atoms with Crippen LogP contribution in [0.25, 0.3) is 0 Å². The van der Waals surface area contributed by atoms with Crippen molar-refractivity contribution in [2.24, 2.45) is 0 Å². The molecule has 0 saturated carbocycles. The zero-order chi connectivity index (χ0) is 17.3. The third-order valence-corrected chi connectivity index (χ3v) is 6.57. The Labute approximate surface area is 154 Å². The summed E-state index contributed by atoms with van der Waals surface area (Å²) in [6.07, 6.45) is 2.05. The van der Waals surface area contributed by atoms with Crippen molar-refractivity contribution in [2.45, 2.75) is 24.3 Å². The van der Waals surface area contributed by atoms with Crippen LogP contribution in [0.3, 0.4) is 0 Å². The molecule has 1 unspecified atom stereocenters. The first kappa shape index (κ1) is 17.7. The van der Waals surface area contributed by atoms with Crippen LogP contribution in [-0.4, -0.2) is 36.9 Å². The van der Waals surface area contributed by atoms with Crippen LogP contribution >= 0.6 is 27.5 Å². The molecular weight excluding hydrogens is 416 g/mol. The van der Waals surface area contributed by atoms with Crippen molar-refractivity contribution in [1.82, 2.24) is 9.29 Å². The van der Waals surface area contributed by atoms with E-state index in [4.69, 9.17) is 16.3 Å². The van der Waals surface area contributed by atoms with E-state index in [0.29, 0.717) is 36.0 Å². The highest BCUT2D eigenvalue weighted by Gasteiger charge is 2.34. The number of ether oxygens (including phenoxy) is 1. The minimum atomic E-state index is -3.58. The van der Waals surface area contributed by atoms with Crippen LogP contribution in [0.2, 0.25) is 5.02 Å². The number of benzene rings is 1. The van der Waals surface area contributed by atoms with E-state index in [-0.39, 0.29) is 11.0 Å². The zero-order valence-electron chi connectivity index (χ0n) is 12.9. The van der Waals surface area contributed by atoms with Crippen molar-refractivity contribution < 1.29 is 13.2 Å². The Kier molecular flexibility index (Phi) is 5.15. The summed E-state index contributed by atoms with van der Waals surface area (Å²) in [5.74, 6) is 0.487. The molecule has 24 heavy (non-hydrogen) atoms. The number of hydrogen-bond donors (Lipinski definition) is 0. The predicted molar refractivity (Wildman–Crippen MR) is 95.9 cm³/mol. The van der Waals surface area contributed by atoms with Gasteiger partial charge in [0, 0.05) is 28.3 Å². The molecule has 0 radical (unpaired) electrons. The molecule has 1 aromatic heterocycles. The molecule has 3 rings (SSSR count). The molecule has 1 saturated heterocycles. The highest BCUT2D eigenvalue weighted by Crippen LogP contribution is 2.27. The van der Waals surface area contributed by atoms with Crippen LogP contribution in [0.5, 0.6) is 5.88 Å². The lowest BCUT2D eigenvalue weighted by Gasteiger charge is -2.18. The molecule has 1 aliphatic rings. The number of hydrogen-bond acceptors (Lipinski definition) is 4. The molecule has 5 nitrogen and oxygen atoms in total. The van der Waals surface area contributed by atoms with E-state index >= 15 is 0 Å². The van der Waals surface area contributed by atoms with Gasteiger partial charge in [0.05, 0.1) is 11.4 Å². The van der Waals surface area contributed by atoms with Gasteiger partial charge in [0.1, 0.15) is 6.10 Å². The second kappa shape index (κ2) is 7.00. The predicted octanol–water partition coefficient (Wildman–Crippen LogP) is 3.65. The van der Waals surface area contributed by atoms with E-state index in [0.717, 1.165) is 4.47 Å². The first-order chi connectivity index (χ1) is 11.4. The molecular formula is C16H16BrClN2O3S. The maximum atomic E-state index is 12.8. The van der Waals surface area contributed by atoms with Gasteiger partial charge >= 0.3 is 0 Å². The molecule has 0 aliphatic carbocycles. The molecule has 1 aromatic carbocycles. The van der Waals surface area contributed by atoms with Gasteiger partial charge < -0.3 is 4.74 Å². The smallest absolute Gasteiger partial charge is 0.243 e. The molecule has 0 bridgehead atoms. The highest BCUT2D eigenvalue weighted by molar-refractivity contribution is 9.10. The van der Waals surface area contributed by atoms with Crippen molar-refractivity contribution in [3.8, 4) is 5.88 Å². The standard InChI is InChI=1S/C16H16BrClN2O3S/c1-11-2-4-13(18)8-15(11)24(21,22)20-7-6-14(10-20)23-16-5-3-12(17)9-19-16/h2-5,8-9,14H,6-7,10H2,1H3. The normalized spacial score (nSPS) is 18.7. The lowest BCUT2D eigenvalue weighted by molar-refractivity contribution is 0.207. The third kappa shape index (κ3) is 3.74. The SMILES string of the molecule is Cc1ccc(Cl)cc1S(=O)(=O)N1CCC(Oc2ccc(Br)cn2)C1. The molecule has 0 N–H and O–H groups in total. The average Bonchev–Trinajstić information content (AvgIpc) is 3.01. The number of nitrogens with zero attached hydrogens (tertiary/aromatic N) is 2. The number of sulfonamides is 1. The second-order valence-electron chi connectivity index (χ2n) is 5.62. The molecule has 1 atom stereocenters. The maximum absolute atomic E-state index is 12.8. The van der Waals surface area contributed by atoms with Gasteiger partial charge in [-0.05, 0) is 53.0 Å². The largest absolute Gasteiger partial charge is 0.473 e. The fourth-order valence-corrected chi connectivity index (χ4v) is 4.81. The average molecular weight is 432 g/mol. The minimum absolute atomic E-state index is 0.215. The summed E-state index contributed by atoms with van der Waals surface area (Å²) in [4.78, 5) is 4.41. The monoisotopic (exact) mass is 430 g/mol. The number of halogens is 2. The summed E-state index contributed by atoms with van der Waals surface area (Å²) in [6.45, 7) is 2.47. The fourth-order valence-electron chi connectivity index (χ4n) is 2.61. The van der Waals surface area contributed by atoms with E-state index in [9.17, 15) is 8.42 Å². The number of aromatic nitrogens is 1. The van der Waals surface area contributed by atoms with Crippen LogP contribution in [0, 0.1) is 6.92 Å². The van der Waals surface area contributed by atoms with E-state index in [1.54, 1.807) is 31.3 Å². The summed E-state index contributed by atoms with van der Waals surface area (Å²) in [7, 11) is -3.58. The molecule has 8 heteroatoms. The molecule has 1 aliphatic heterocycles. The first-order valence-corrected chi connectivity index (χ1v) is 10.0.